The minimum Gasteiger partial charge on any atom is -0.453 e. The van der Waals surface area contributed by atoms with Gasteiger partial charge in [0, 0.05) is 24.5 Å². The van der Waals surface area contributed by atoms with E-state index in [-0.39, 0.29) is 35.9 Å². The van der Waals surface area contributed by atoms with Gasteiger partial charge in [-0.05, 0) is 73.3 Å². The van der Waals surface area contributed by atoms with E-state index in [1.54, 1.807) is 23.7 Å². The fourth-order valence-corrected chi connectivity index (χ4v) is 9.43. The topological polar surface area (TPSA) is 143 Å². The van der Waals surface area contributed by atoms with E-state index in [4.69, 9.17) is 10.5 Å². The number of benzene rings is 3. The Morgan fingerprint density at radius 1 is 1.00 bits per heavy atom. The van der Waals surface area contributed by atoms with Crippen LogP contribution in [0.2, 0.25) is 0 Å². The Balaban J connectivity index is 1.44. The molecule has 3 N–H and O–H groups in total. The molecule has 0 unspecified atom stereocenters. The van der Waals surface area contributed by atoms with Crippen molar-refractivity contribution in [3.05, 3.63) is 95.5 Å². The average molecular weight is 707 g/mol. The highest BCUT2D eigenvalue weighted by molar-refractivity contribution is 7.89. The maximum absolute atomic E-state index is 14.1. The Morgan fingerprint density at radius 3 is 2.16 bits per heavy atom. The second kappa shape index (κ2) is 16.2. The van der Waals surface area contributed by atoms with Gasteiger partial charge in [0.2, 0.25) is 15.9 Å². The number of aliphatic hydroxyl groups is 1. The molecule has 1 fully saturated rings. The third kappa shape index (κ3) is 8.49. The van der Waals surface area contributed by atoms with Crippen LogP contribution in [0.15, 0.2) is 89.3 Å². The van der Waals surface area contributed by atoms with E-state index in [1.165, 1.54) is 27.7 Å². The van der Waals surface area contributed by atoms with Gasteiger partial charge in [0.15, 0.2) is 0 Å². The molecule has 0 saturated heterocycles. The lowest BCUT2D eigenvalue weighted by Crippen LogP contribution is -2.56. The first kappa shape index (κ1) is 36.4. The number of aliphatic hydroxyl groups excluding tert-OH is 1. The molecule has 3 atom stereocenters. The molecule has 3 aromatic carbocycles. The lowest BCUT2D eigenvalue weighted by Gasteiger charge is -2.40. The Hall–Kier alpha value is -3.84. The number of hydrogen-bond donors (Lipinski definition) is 2. The maximum Gasteiger partial charge on any atom is 0.410 e. The molecule has 0 spiro atoms. The summed E-state index contributed by atoms with van der Waals surface area (Å²) in [4.78, 5) is 33.2. The molecular weight excluding hydrogens is 661 g/mol. The number of nitrogens with two attached hydrogens (primary N) is 1. The van der Waals surface area contributed by atoms with Crippen LogP contribution in [0, 0.1) is 11.8 Å². The fraction of sp³-hybridized carbons (Fsp3) is 0.432. The van der Waals surface area contributed by atoms with Crippen LogP contribution >= 0.6 is 11.3 Å². The summed E-state index contributed by atoms with van der Waals surface area (Å²) in [6.45, 7) is 3.76. The van der Waals surface area contributed by atoms with Gasteiger partial charge in [-0.3, -0.25) is 9.69 Å². The van der Waals surface area contributed by atoms with Crippen LogP contribution in [0.3, 0.4) is 0 Å². The molecule has 1 heterocycles. The Kier molecular flexibility index (Phi) is 12.1. The van der Waals surface area contributed by atoms with Gasteiger partial charge in [-0.1, -0.05) is 74.5 Å². The summed E-state index contributed by atoms with van der Waals surface area (Å²) in [5.74, 6) is -1.06. The van der Waals surface area contributed by atoms with Gasteiger partial charge in [-0.25, -0.2) is 18.2 Å². The predicted octanol–water partition coefficient (Wildman–Crippen LogP) is 6.01. The third-order valence-electron chi connectivity index (χ3n) is 9.24. The van der Waals surface area contributed by atoms with Crippen LogP contribution in [0.4, 0.5) is 4.79 Å². The number of carbonyl (C=O) groups excluding carboxylic acids is 2. The molecule has 262 valence electrons. The van der Waals surface area contributed by atoms with E-state index in [0.717, 1.165) is 34.2 Å². The highest BCUT2D eigenvalue weighted by Crippen LogP contribution is 2.42. The fourth-order valence-electron chi connectivity index (χ4n) is 6.81. The molecule has 49 heavy (non-hydrogen) atoms. The third-order valence-corrected chi connectivity index (χ3v) is 11.9. The van der Waals surface area contributed by atoms with E-state index in [1.807, 2.05) is 74.5 Å². The first-order valence-electron chi connectivity index (χ1n) is 16.8. The van der Waals surface area contributed by atoms with Gasteiger partial charge in [0.25, 0.3) is 0 Å². The van der Waals surface area contributed by atoms with Crippen molar-refractivity contribution in [1.82, 2.24) is 14.2 Å². The zero-order valence-corrected chi connectivity index (χ0v) is 29.9. The van der Waals surface area contributed by atoms with Crippen molar-refractivity contribution < 1.29 is 27.9 Å². The highest BCUT2D eigenvalue weighted by Gasteiger charge is 2.46. The lowest BCUT2D eigenvalue weighted by atomic mass is 9.82. The van der Waals surface area contributed by atoms with Gasteiger partial charge in [0.05, 0.1) is 34.3 Å². The standard InChI is InChI=1S/C37H46N4O6S2/c1-25(2)22-40(49(45,46)30-19-20-31-33(21-30)48-24-39-31)29(23-42)15-10-16-32(26-17-18-26)41(37(44)47-3)35(36(38)43)34(27-11-6-4-7-12-27)28-13-8-5-9-14-28/h4-9,11-14,19-21,24-26,29,32,34-35,42H,10,15-18,22-23H2,1-3H3,(H2,38,43)/t29-,32+,35-/m0/s1. The van der Waals surface area contributed by atoms with E-state index in [0.29, 0.717) is 19.3 Å². The number of amides is 2. The van der Waals surface area contributed by atoms with Crippen molar-refractivity contribution in [3.8, 4) is 0 Å². The van der Waals surface area contributed by atoms with Crippen LogP contribution in [-0.4, -0.2) is 78.1 Å². The number of hydrogen-bond acceptors (Lipinski definition) is 8. The highest BCUT2D eigenvalue weighted by atomic mass is 32.2. The first-order chi connectivity index (χ1) is 23.6. The molecule has 4 aromatic rings. The number of aromatic nitrogens is 1. The summed E-state index contributed by atoms with van der Waals surface area (Å²) in [6.07, 6.45) is 2.43. The van der Waals surface area contributed by atoms with E-state index in [2.05, 4.69) is 4.98 Å². The number of thiazole rings is 1. The number of methoxy groups -OCH3 is 1. The van der Waals surface area contributed by atoms with Gasteiger partial charge in [-0.15, -0.1) is 11.3 Å². The zero-order valence-electron chi connectivity index (χ0n) is 28.2. The molecule has 0 bridgehead atoms. The normalized spacial score (nSPS) is 15.4. The molecule has 1 aliphatic rings. The molecule has 2 amide bonds. The summed E-state index contributed by atoms with van der Waals surface area (Å²) < 4.78 is 35.7. The zero-order chi connectivity index (χ0) is 35.1. The Bertz CT molecular complexity index is 1760. The summed E-state index contributed by atoms with van der Waals surface area (Å²) in [5, 5.41) is 10.6. The largest absolute Gasteiger partial charge is 0.453 e. The molecule has 1 saturated carbocycles. The second-order valence-corrected chi connectivity index (χ2v) is 15.9. The molecule has 5 rings (SSSR count). The van der Waals surface area contributed by atoms with Crippen molar-refractivity contribution >= 4 is 43.6 Å². The van der Waals surface area contributed by atoms with Crippen LogP contribution in [0.25, 0.3) is 10.2 Å². The average Bonchev–Trinajstić information content (AvgIpc) is 3.84. The van der Waals surface area contributed by atoms with Crippen molar-refractivity contribution in [1.29, 1.82) is 0 Å². The van der Waals surface area contributed by atoms with Crippen LogP contribution in [0.1, 0.15) is 63.0 Å². The van der Waals surface area contributed by atoms with E-state index in [9.17, 15) is 23.1 Å². The van der Waals surface area contributed by atoms with Gasteiger partial charge in [0.1, 0.15) is 6.04 Å². The number of sulfonamides is 1. The quantitative estimate of drug-likeness (QED) is 0.137. The second-order valence-electron chi connectivity index (χ2n) is 13.1. The number of nitrogens with zero attached hydrogens (tertiary/aromatic N) is 3. The molecule has 12 heteroatoms. The molecule has 10 nitrogen and oxygen atoms in total. The maximum atomic E-state index is 14.1. The SMILES string of the molecule is COC(=O)N([C@H](CCC[C@@H](CO)N(CC(C)C)S(=O)(=O)c1ccc2ncsc2c1)C1CC1)[C@H](C(N)=O)C(c1ccccc1)c1ccccc1. The number of ether oxygens (including phenoxy) is 1. The van der Waals surface area contributed by atoms with Crippen molar-refractivity contribution in [2.75, 3.05) is 20.3 Å². The van der Waals surface area contributed by atoms with Gasteiger partial charge < -0.3 is 15.6 Å². The van der Waals surface area contributed by atoms with Gasteiger partial charge in [-0.2, -0.15) is 4.31 Å². The van der Waals surface area contributed by atoms with Crippen molar-refractivity contribution in [3.63, 3.8) is 0 Å². The Labute approximate surface area is 293 Å². The van der Waals surface area contributed by atoms with Crippen molar-refractivity contribution in [2.24, 2.45) is 17.6 Å². The van der Waals surface area contributed by atoms with Gasteiger partial charge >= 0.3 is 6.09 Å². The van der Waals surface area contributed by atoms with E-state index < -0.39 is 40.0 Å². The molecule has 0 aliphatic heterocycles. The van der Waals surface area contributed by atoms with Crippen LogP contribution in [-0.2, 0) is 19.6 Å². The summed E-state index contributed by atoms with van der Waals surface area (Å²) in [7, 11) is -2.65. The summed E-state index contributed by atoms with van der Waals surface area (Å²) >= 11 is 1.37. The predicted molar refractivity (Wildman–Crippen MR) is 192 cm³/mol. The van der Waals surface area contributed by atoms with Crippen LogP contribution < -0.4 is 5.73 Å². The monoisotopic (exact) mass is 706 g/mol. The van der Waals surface area contributed by atoms with E-state index >= 15 is 0 Å². The summed E-state index contributed by atoms with van der Waals surface area (Å²) in [5.41, 5.74) is 10.3. The molecular formula is C37H46N4O6S2. The van der Waals surface area contributed by atoms with Crippen LogP contribution in [0.5, 0.6) is 0 Å². The Morgan fingerprint density at radius 2 is 1.63 bits per heavy atom. The summed E-state index contributed by atoms with van der Waals surface area (Å²) in [6, 6.07) is 21.9. The number of fused-ring (bicyclic) bond motifs is 1. The first-order valence-corrected chi connectivity index (χ1v) is 19.1. The molecule has 1 aliphatic carbocycles. The number of primary amides is 1. The lowest BCUT2D eigenvalue weighted by molar-refractivity contribution is -0.124. The van der Waals surface area contributed by atoms with Crippen molar-refractivity contribution in [2.45, 2.75) is 74.9 Å². The minimum absolute atomic E-state index is 0.00854. The minimum atomic E-state index is -3.96. The molecule has 0 radical (unpaired) electrons. The number of carbonyl (C=O) groups is 2. The molecule has 1 aromatic heterocycles. The smallest absolute Gasteiger partial charge is 0.410 e. The number of rotatable bonds is 17.